The van der Waals surface area contributed by atoms with E-state index in [9.17, 15) is 0 Å². The maximum absolute atomic E-state index is 4.32. The average molecular weight is 698 g/mol. The molecule has 3 aromatic rings. The first kappa shape index (κ1) is 20.1. The first-order chi connectivity index (χ1) is 12.8. The maximum atomic E-state index is 4.32. The highest BCUT2D eigenvalue weighted by Gasteiger charge is 2.25. The summed E-state index contributed by atoms with van der Waals surface area (Å²) in [5.41, 5.74) is 7.96. The number of benzene rings is 1. The van der Waals surface area contributed by atoms with E-state index in [1.165, 1.54) is 33.3 Å². The van der Waals surface area contributed by atoms with Crippen molar-refractivity contribution in [2.75, 3.05) is 13.6 Å². The fraction of sp³-hybridized carbons (Fsp3) is 0.350. The van der Waals surface area contributed by atoms with Crippen LogP contribution in [0.25, 0.3) is 22.7 Å². The number of nitrogens with zero attached hydrogens (tertiary/aromatic N) is 4. The quantitative estimate of drug-likeness (QED) is 0.256. The zero-order valence-electron chi connectivity index (χ0n) is 15.5. The molecule has 0 unspecified atom stereocenters. The molecule has 4 rings (SSSR count). The van der Waals surface area contributed by atoms with E-state index < -0.39 is 0 Å². The third kappa shape index (κ3) is 3.85. The minimum absolute atomic E-state index is 0.0670. The number of fused-ring (bicyclic) bond motifs is 3. The smallest absolute Gasteiger partial charge is 0.149 e. The number of allylic oxidation sites excluding steroid dienone is 1. The second-order valence-electron chi connectivity index (χ2n) is 7.16. The van der Waals surface area contributed by atoms with Gasteiger partial charge in [-0.15, -0.1) is 0 Å². The number of alkyl halides is 3. The van der Waals surface area contributed by atoms with Gasteiger partial charge in [0.05, 0.1) is 11.2 Å². The van der Waals surface area contributed by atoms with E-state index in [1.807, 2.05) is 17.9 Å². The van der Waals surface area contributed by atoms with Gasteiger partial charge in [-0.05, 0) is 117 Å². The van der Waals surface area contributed by atoms with Crippen molar-refractivity contribution >= 4 is 90.4 Å². The van der Waals surface area contributed by atoms with Crippen LogP contribution in [-0.2, 0) is 19.4 Å². The molecule has 0 fully saturated rings. The van der Waals surface area contributed by atoms with Gasteiger partial charge in [0, 0.05) is 50.0 Å². The predicted molar refractivity (Wildman–Crippen MR) is 139 cm³/mol. The van der Waals surface area contributed by atoms with Crippen LogP contribution in [0.15, 0.2) is 30.5 Å². The largest absolute Gasteiger partial charge is 0.320 e. The number of halogens is 3. The minimum atomic E-state index is 0.0670. The van der Waals surface area contributed by atoms with Gasteiger partial charge in [0.2, 0.25) is 0 Å². The minimum Gasteiger partial charge on any atom is -0.320 e. The highest BCUT2D eigenvalue weighted by molar-refractivity contribution is 14.3. The van der Waals surface area contributed by atoms with Crippen molar-refractivity contribution < 1.29 is 0 Å². The third-order valence-corrected chi connectivity index (χ3v) is 7.12. The second-order valence-corrected chi connectivity index (χ2v) is 18.2. The van der Waals surface area contributed by atoms with E-state index in [0.717, 1.165) is 25.2 Å². The van der Waals surface area contributed by atoms with Gasteiger partial charge in [-0.3, -0.25) is 4.68 Å². The Morgan fingerprint density at radius 2 is 1.96 bits per heavy atom. The molecule has 0 bridgehead atoms. The summed E-state index contributed by atoms with van der Waals surface area (Å²) < 4.78 is 4.42. The molecule has 0 atom stereocenters. The lowest BCUT2D eigenvalue weighted by Gasteiger charge is -2.23. The van der Waals surface area contributed by atoms with Crippen molar-refractivity contribution in [1.29, 1.82) is 0 Å². The Morgan fingerprint density at radius 1 is 1.19 bits per heavy atom. The molecule has 0 radical (unpaired) electrons. The summed E-state index contributed by atoms with van der Waals surface area (Å²) in [5, 5.41) is 5.71. The zero-order chi connectivity index (χ0) is 19.3. The number of hydrogen-bond donors (Lipinski definition) is 0. The fourth-order valence-electron chi connectivity index (χ4n) is 3.87. The Labute approximate surface area is 200 Å². The van der Waals surface area contributed by atoms with E-state index in [2.05, 4.69) is 127 Å². The molecule has 1 aliphatic heterocycles. The van der Waals surface area contributed by atoms with Crippen molar-refractivity contribution in [3.8, 4) is 0 Å². The van der Waals surface area contributed by atoms with Crippen molar-refractivity contribution in [2.45, 2.75) is 19.3 Å². The van der Waals surface area contributed by atoms with E-state index in [-0.39, 0.29) is -0.565 Å². The number of aryl methyl sites for hydroxylation is 1. The summed E-state index contributed by atoms with van der Waals surface area (Å²) in [6.07, 6.45) is 5.22. The Hall–Kier alpha value is -0.140. The second kappa shape index (κ2) is 7.60. The van der Waals surface area contributed by atoms with E-state index in [0.29, 0.717) is 0 Å². The number of hydrogen-bond acceptors (Lipinski definition) is 2. The topological polar surface area (TPSA) is 26.0 Å². The van der Waals surface area contributed by atoms with Gasteiger partial charge in [0.15, 0.2) is 0 Å². The normalized spacial score (nSPS) is 16.1. The molecule has 4 nitrogen and oxygen atoms in total. The van der Waals surface area contributed by atoms with E-state index >= 15 is 0 Å². The molecule has 1 aliphatic rings. The maximum Gasteiger partial charge on any atom is 0.149 e. The van der Waals surface area contributed by atoms with Gasteiger partial charge in [0.25, 0.3) is 0 Å². The van der Waals surface area contributed by atoms with Gasteiger partial charge >= 0.3 is 0 Å². The monoisotopic (exact) mass is 698 g/mol. The van der Waals surface area contributed by atoms with Crippen LogP contribution in [0.4, 0.5) is 0 Å². The van der Waals surface area contributed by atoms with Gasteiger partial charge in [-0.2, -0.15) is 5.10 Å². The summed E-state index contributed by atoms with van der Waals surface area (Å²) in [7, 11) is 4.21. The van der Waals surface area contributed by atoms with Crippen molar-refractivity contribution in [3.05, 3.63) is 53.0 Å². The number of rotatable bonds is 3. The standard InChI is InChI=1S/C20H21I3N4/c1-13(17-6-8-24-26(17)3)11-27-18-5-4-14(20(21,22)23)10-15(18)16-12-25(2)9-7-19(16)27/h4-6,8,10-11H,7,9,12H2,1-3H3/b13-11+. The van der Waals surface area contributed by atoms with Crippen LogP contribution < -0.4 is 0 Å². The number of likely N-dealkylation sites (N-methyl/N-ethyl adjacent to an activating group) is 1. The Bertz CT molecular complexity index is 1040. The lowest BCUT2D eigenvalue weighted by atomic mass is 10.0. The molecule has 0 amide bonds. The SMILES string of the molecule is C/C(=C\n1c2c(c3cc(C(I)(I)I)ccc31)CN(C)CC2)c1ccnn1C. The zero-order valence-corrected chi connectivity index (χ0v) is 22.0. The van der Waals surface area contributed by atoms with Crippen LogP contribution in [0.1, 0.15) is 29.4 Å². The lowest BCUT2D eigenvalue weighted by molar-refractivity contribution is 0.312. The Balaban J connectivity index is 1.94. The van der Waals surface area contributed by atoms with Crippen LogP contribution in [0.3, 0.4) is 0 Å². The molecule has 1 aromatic carbocycles. The first-order valence-corrected chi connectivity index (χ1v) is 12.1. The predicted octanol–water partition coefficient (Wildman–Crippen LogP) is 5.80. The van der Waals surface area contributed by atoms with Crippen molar-refractivity contribution in [1.82, 2.24) is 19.2 Å². The van der Waals surface area contributed by atoms with Gasteiger partial charge < -0.3 is 9.47 Å². The summed E-state index contributed by atoms with van der Waals surface area (Å²) in [6, 6.07) is 9.03. The molecule has 0 aliphatic carbocycles. The molecule has 0 N–H and O–H groups in total. The Kier molecular flexibility index (Phi) is 5.67. The third-order valence-electron chi connectivity index (χ3n) is 5.25. The van der Waals surface area contributed by atoms with E-state index in [1.54, 1.807) is 0 Å². The summed E-state index contributed by atoms with van der Waals surface area (Å²) >= 11 is 7.52. The molecule has 0 saturated carbocycles. The molecule has 2 aromatic heterocycles. The van der Waals surface area contributed by atoms with Crippen molar-refractivity contribution in [2.24, 2.45) is 7.05 Å². The molecule has 0 spiro atoms. The molecule has 7 heteroatoms. The molecular formula is C20H21I3N4. The highest BCUT2D eigenvalue weighted by Crippen LogP contribution is 2.47. The van der Waals surface area contributed by atoms with Gasteiger partial charge in [-0.1, -0.05) is 6.07 Å². The van der Waals surface area contributed by atoms with Crippen LogP contribution in [0.5, 0.6) is 0 Å². The molecule has 0 saturated heterocycles. The van der Waals surface area contributed by atoms with Gasteiger partial charge in [0.1, 0.15) is -0.565 Å². The van der Waals surface area contributed by atoms with Crippen LogP contribution >= 0.6 is 67.8 Å². The highest BCUT2D eigenvalue weighted by atomic mass is 127. The fourth-order valence-corrected chi connectivity index (χ4v) is 4.88. The van der Waals surface area contributed by atoms with Crippen LogP contribution in [0.2, 0.25) is 0 Å². The number of aromatic nitrogens is 3. The van der Waals surface area contributed by atoms with Crippen LogP contribution in [-0.4, -0.2) is 32.8 Å². The molecule has 3 heterocycles. The van der Waals surface area contributed by atoms with Crippen molar-refractivity contribution in [3.63, 3.8) is 0 Å². The Morgan fingerprint density at radius 3 is 2.63 bits per heavy atom. The van der Waals surface area contributed by atoms with Gasteiger partial charge in [-0.25, -0.2) is 0 Å². The molecular weight excluding hydrogens is 677 g/mol. The summed E-state index contributed by atoms with van der Waals surface area (Å²) in [4.78, 5) is 2.42. The lowest BCUT2D eigenvalue weighted by Crippen LogP contribution is -2.26. The average Bonchev–Trinajstić information content (AvgIpc) is 3.16. The summed E-state index contributed by atoms with van der Waals surface area (Å²) in [6.45, 7) is 4.28. The van der Waals surface area contributed by atoms with E-state index in [4.69, 9.17) is 0 Å². The first-order valence-electron chi connectivity index (χ1n) is 8.84. The molecule has 142 valence electrons. The molecule has 27 heavy (non-hydrogen) atoms. The summed E-state index contributed by atoms with van der Waals surface area (Å²) in [5.74, 6) is 0. The van der Waals surface area contributed by atoms with Crippen LogP contribution in [0, 0.1) is 0 Å².